The number of amides is 1. The van der Waals surface area contributed by atoms with Crippen molar-refractivity contribution >= 4 is 16.9 Å². The zero-order valence-electron chi connectivity index (χ0n) is 11.0. The standard InChI is InChI=1S/C15H19NO2/c1-3-12-6-7-15-14(9-12)13(10-18-15)5-4-8-16-11(2)17/h6-7,9-10H,3-5,8H2,1-2H3,(H,16,17). The van der Waals surface area contributed by atoms with Gasteiger partial charge in [0.25, 0.3) is 0 Å². The van der Waals surface area contributed by atoms with Gasteiger partial charge in [0.1, 0.15) is 5.58 Å². The minimum absolute atomic E-state index is 0.0281. The fourth-order valence-corrected chi connectivity index (χ4v) is 2.09. The summed E-state index contributed by atoms with van der Waals surface area (Å²) in [7, 11) is 0. The second-order valence-electron chi connectivity index (χ2n) is 4.53. The lowest BCUT2D eigenvalue weighted by Gasteiger charge is -2.01. The van der Waals surface area contributed by atoms with Crippen LogP contribution in [0.5, 0.6) is 0 Å². The molecule has 3 heteroatoms. The van der Waals surface area contributed by atoms with Crippen molar-refractivity contribution in [2.45, 2.75) is 33.1 Å². The lowest BCUT2D eigenvalue weighted by Crippen LogP contribution is -2.21. The van der Waals surface area contributed by atoms with Gasteiger partial charge in [0.2, 0.25) is 5.91 Å². The molecule has 1 N–H and O–H groups in total. The molecule has 3 nitrogen and oxygen atoms in total. The van der Waals surface area contributed by atoms with E-state index in [9.17, 15) is 4.79 Å². The van der Waals surface area contributed by atoms with Crippen molar-refractivity contribution in [1.82, 2.24) is 5.32 Å². The van der Waals surface area contributed by atoms with E-state index in [1.165, 1.54) is 16.5 Å². The van der Waals surface area contributed by atoms with Crippen LogP contribution in [0.1, 0.15) is 31.4 Å². The van der Waals surface area contributed by atoms with Crippen LogP contribution < -0.4 is 5.32 Å². The Balaban J connectivity index is 2.06. The number of benzene rings is 1. The van der Waals surface area contributed by atoms with E-state index in [1.54, 1.807) is 6.92 Å². The van der Waals surface area contributed by atoms with E-state index in [1.807, 2.05) is 12.3 Å². The van der Waals surface area contributed by atoms with Crippen molar-refractivity contribution in [3.63, 3.8) is 0 Å². The van der Waals surface area contributed by atoms with E-state index in [0.29, 0.717) is 0 Å². The number of fused-ring (bicyclic) bond motifs is 1. The highest BCUT2D eigenvalue weighted by molar-refractivity contribution is 5.81. The van der Waals surface area contributed by atoms with E-state index in [4.69, 9.17) is 4.42 Å². The molecule has 18 heavy (non-hydrogen) atoms. The molecule has 1 aromatic carbocycles. The van der Waals surface area contributed by atoms with Gasteiger partial charge in [0.05, 0.1) is 6.26 Å². The van der Waals surface area contributed by atoms with Crippen LogP contribution in [-0.2, 0) is 17.6 Å². The lowest BCUT2D eigenvalue weighted by atomic mass is 10.0. The second kappa shape index (κ2) is 5.71. The van der Waals surface area contributed by atoms with Crippen LogP contribution in [0.25, 0.3) is 11.0 Å². The zero-order valence-corrected chi connectivity index (χ0v) is 11.0. The molecule has 0 saturated heterocycles. The molecule has 0 spiro atoms. The van der Waals surface area contributed by atoms with E-state index in [0.717, 1.165) is 31.4 Å². The minimum atomic E-state index is 0.0281. The molecule has 2 aromatic rings. The number of hydrogen-bond acceptors (Lipinski definition) is 2. The molecule has 96 valence electrons. The quantitative estimate of drug-likeness (QED) is 0.823. The maximum atomic E-state index is 10.8. The number of furan rings is 1. The fourth-order valence-electron chi connectivity index (χ4n) is 2.09. The number of carbonyl (C=O) groups is 1. The van der Waals surface area contributed by atoms with Crippen LogP contribution >= 0.6 is 0 Å². The molecule has 1 amide bonds. The number of rotatable bonds is 5. The number of nitrogens with one attached hydrogen (secondary N) is 1. The van der Waals surface area contributed by atoms with E-state index < -0.39 is 0 Å². The van der Waals surface area contributed by atoms with Gasteiger partial charge in [-0.1, -0.05) is 13.0 Å². The average molecular weight is 245 g/mol. The first kappa shape index (κ1) is 12.7. The third-order valence-corrected chi connectivity index (χ3v) is 3.12. The highest BCUT2D eigenvalue weighted by atomic mass is 16.3. The first-order valence-corrected chi connectivity index (χ1v) is 6.44. The van der Waals surface area contributed by atoms with Crippen molar-refractivity contribution in [2.24, 2.45) is 0 Å². The molecule has 0 radical (unpaired) electrons. The Kier molecular flexibility index (Phi) is 4.03. The van der Waals surface area contributed by atoms with Gasteiger partial charge < -0.3 is 9.73 Å². The highest BCUT2D eigenvalue weighted by Gasteiger charge is 2.06. The molecule has 0 saturated carbocycles. The largest absolute Gasteiger partial charge is 0.464 e. The van der Waals surface area contributed by atoms with Crippen molar-refractivity contribution in [3.05, 3.63) is 35.6 Å². The van der Waals surface area contributed by atoms with Crippen LogP contribution in [0, 0.1) is 0 Å². The SMILES string of the molecule is CCc1ccc2occ(CCCNC(C)=O)c2c1. The molecule has 1 heterocycles. The van der Waals surface area contributed by atoms with Gasteiger partial charge in [-0.15, -0.1) is 0 Å². The number of hydrogen-bond donors (Lipinski definition) is 1. The Bertz CT molecular complexity index is 542. The Hall–Kier alpha value is -1.77. The maximum absolute atomic E-state index is 10.8. The van der Waals surface area contributed by atoms with Crippen LogP contribution in [-0.4, -0.2) is 12.5 Å². The molecule has 0 aliphatic rings. The highest BCUT2D eigenvalue weighted by Crippen LogP contribution is 2.23. The van der Waals surface area contributed by atoms with Gasteiger partial charge in [0, 0.05) is 18.9 Å². The Morgan fingerprint density at radius 1 is 1.39 bits per heavy atom. The maximum Gasteiger partial charge on any atom is 0.216 e. The minimum Gasteiger partial charge on any atom is -0.464 e. The van der Waals surface area contributed by atoms with Gasteiger partial charge in [-0.3, -0.25) is 4.79 Å². The van der Waals surface area contributed by atoms with Gasteiger partial charge in [-0.05, 0) is 42.5 Å². The van der Waals surface area contributed by atoms with Crippen LogP contribution in [0.15, 0.2) is 28.9 Å². The Morgan fingerprint density at radius 2 is 2.22 bits per heavy atom. The Morgan fingerprint density at radius 3 is 2.94 bits per heavy atom. The van der Waals surface area contributed by atoms with Gasteiger partial charge in [-0.25, -0.2) is 0 Å². The van der Waals surface area contributed by atoms with Crippen molar-refractivity contribution in [3.8, 4) is 0 Å². The average Bonchev–Trinajstić information content (AvgIpc) is 2.76. The van der Waals surface area contributed by atoms with Gasteiger partial charge >= 0.3 is 0 Å². The summed E-state index contributed by atoms with van der Waals surface area (Å²) in [6, 6.07) is 6.34. The lowest BCUT2D eigenvalue weighted by molar-refractivity contribution is -0.118. The second-order valence-corrected chi connectivity index (χ2v) is 4.53. The summed E-state index contributed by atoms with van der Waals surface area (Å²) in [5, 5.41) is 4.01. The van der Waals surface area contributed by atoms with Crippen LogP contribution in [0.3, 0.4) is 0 Å². The van der Waals surface area contributed by atoms with E-state index in [-0.39, 0.29) is 5.91 Å². The summed E-state index contributed by atoms with van der Waals surface area (Å²) in [4.78, 5) is 10.8. The topological polar surface area (TPSA) is 42.2 Å². The third kappa shape index (κ3) is 2.92. The number of carbonyl (C=O) groups excluding carboxylic acids is 1. The van der Waals surface area contributed by atoms with Crippen molar-refractivity contribution in [1.29, 1.82) is 0 Å². The summed E-state index contributed by atoms with van der Waals surface area (Å²) in [5.41, 5.74) is 3.50. The molecule has 1 aromatic heterocycles. The normalized spacial score (nSPS) is 10.8. The third-order valence-electron chi connectivity index (χ3n) is 3.12. The monoisotopic (exact) mass is 245 g/mol. The molecule has 2 rings (SSSR count). The van der Waals surface area contributed by atoms with Gasteiger partial charge in [-0.2, -0.15) is 0 Å². The summed E-state index contributed by atoms with van der Waals surface area (Å²) in [5.74, 6) is 0.0281. The molecular formula is C15H19NO2. The molecule has 0 bridgehead atoms. The fraction of sp³-hybridized carbons (Fsp3) is 0.400. The first-order valence-electron chi connectivity index (χ1n) is 6.44. The first-order chi connectivity index (χ1) is 8.70. The molecule has 0 unspecified atom stereocenters. The number of aryl methyl sites for hydroxylation is 2. The van der Waals surface area contributed by atoms with Crippen LogP contribution in [0.4, 0.5) is 0 Å². The molecule has 0 fully saturated rings. The van der Waals surface area contributed by atoms with E-state index in [2.05, 4.69) is 24.4 Å². The Labute approximate surface area is 107 Å². The summed E-state index contributed by atoms with van der Waals surface area (Å²) in [6.45, 7) is 4.41. The van der Waals surface area contributed by atoms with E-state index >= 15 is 0 Å². The molecular weight excluding hydrogens is 226 g/mol. The smallest absolute Gasteiger partial charge is 0.216 e. The van der Waals surface area contributed by atoms with Crippen molar-refractivity contribution in [2.75, 3.05) is 6.54 Å². The predicted molar refractivity (Wildman–Crippen MR) is 72.6 cm³/mol. The predicted octanol–water partition coefficient (Wildman–Crippen LogP) is 3.06. The summed E-state index contributed by atoms with van der Waals surface area (Å²) >= 11 is 0. The zero-order chi connectivity index (χ0) is 13.0. The molecule has 0 aliphatic heterocycles. The van der Waals surface area contributed by atoms with Crippen LogP contribution in [0.2, 0.25) is 0 Å². The molecule has 0 atom stereocenters. The molecule has 0 aliphatic carbocycles. The summed E-state index contributed by atoms with van der Waals surface area (Å²) in [6.07, 6.45) is 4.73. The summed E-state index contributed by atoms with van der Waals surface area (Å²) < 4.78 is 5.54. The van der Waals surface area contributed by atoms with Gasteiger partial charge in [0.15, 0.2) is 0 Å². The van der Waals surface area contributed by atoms with Crippen molar-refractivity contribution < 1.29 is 9.21 Å².